The van der Waals surface area contributed by atoms with E-state index in [2.05, 4.69) is 45.6 Å². The first kappa shape index (κ1) is 26.2. The molecular formula is C23H39IN4O3. The minimum absolute atomic E-state index is 0. The van der Waals surface area contributed by atoms with Crippen molar-refractivity contribution in [1.29, 1.82) is 0 Å². The molecule has 0 aromatic heterocycles. The molecule has 1 aromatic rings. The molecule has 0 aliphatic carbocycles. The van der Waals surface area contributed by atoms with Gasteiger partial charge in [0.2, 0.25) is 0 Å². The molecule has 2 aliphatic heterocycles. The van der Waals surface area contributed by atoms with Crippen molar-refractivity contribution in [2.45, 2.75) is 44.7 Å². The molecule has 0 saturated carbocycles. The predicted molar refractivity (Wildman–Crippen MR) is 136 cm³/mol. The monoisotopic (exact) mass is 546 g/mol. The Bertz CT molecular complexity index is 689. The molecule has 0 unspecified atom stereocenters. The van der Waals surface area contributed by atoms with Crippen LogP contribution < -0.4 is 15.4 Å². The number of nitrogens with zero attached hydrogens (tertiary/aromatic N) is 2. The predicted octanol–water partition coefficient (Wildman–Crippen LogP) is 2.95. The molecule has 31 heavy (non-hydrogen) atoms. The summed E-state index contributed by atoms with van der Waals surface area (Å²) in [5.41, 5.74) is 2.46. The van der Waals surface area contributed by atoms with Gasteiger partial charge in [0, 0.05) is 51.6 Å². The molecule has 2 fully saturated rings. The van der Waals surface area contributed by atoms with Crippen molar-refractivity contribution in [1.82, 2.24) is 15.5 Å². The third-order valence-corrected chi connectivity index (χ3v) is 6.22. The maximum Gasteiger partial charge on any atom is 0.191 e. The number of benzene rings is 1. The van der Waals surface area contributed by atoms with Gasteiger partial charge in [-0.1, -0.05) is 12.1 Å². The molecule has 0 amide bonds. The van der Waals surface area contributed by atoms with E-state index >= 15 is 0 Å². The normalized spacial score (nSPS) is 19.0. The van der Waals surface area contributed by atoms with Crippen LogP contribution in [0.25, 0.3) is 0 Å². The highest BCUT2D eigenvalue weighted by Crippen LogP contribution is 2.30. The number of guanidine groups is 1. The zero-order valence-electron chi connectivity index (χ0n) is 19.2. The number of ether oxygens (including phenoxy) is 3. The van der Waals surface area contributed by atoms with Crippen LogP contribution in [0, 0.1) is 6.92 Å². The molecule has 2 saturated heterocycles. The fourth-order valence-electron chi connectivity index (χ4n) is 4.37. The molecule has 0 bridgehead atoms. The number of hydrogen-bond acceptors (Lipinski definition) is 5. The van der Waals surface area contributed by atoms with Crippen LogP contribution in [-0.4, -0.2) is 76.6 Å². The van der Waals surface area contributed by atoms with Gasteiger partial charge in [0.05, 0.1) is 6.61 Å². The Morgan fingerprint density at radius 2 is 1.90 bits per heavy atom. The highest BCUT2D eigenvalue weighted by Gasteiger charge is 2.39. The average Bonchev–Trinajstić information content (AvgIpc) is 3.31. The van der Waals surface area contributed by atoms with E-state index in [-0.39, 0.29) is 29.5 Å². The van der Waals surface area contributed by atoms with E-state index in [9.17, 15) is 0 Å². The van der Waals surface area contributed by atoms with Crippen molar-refractivity contribution in [3.8, 4) is 5.75 Å². The Kier molecular flexibility index (Phi) is 11.3. The highest BCUT2D eigenvalue weighted by atomic mass is 127. The van der Waals surface area contributed by atoms with Crippen LogP contribution in [-0.2, 0) is 16.0 Å². The van der Waals surface area contributed by atoms with Crippen LogP contribution in [0.15, 0.2) is 23.2 Å². The lowest BCUT2D eigenvalue weighted by Crippen LogP contribution is -2.58. The third-order valence-electron chi connectivity index (χ3n) is 6.22. The second-order valence-electron chi connectivity index (χ2n) is 8.26. The number of hydrogen-bond donors (Lipinski definition) is 2. The van der Waals surface area contributed by atoms with Crippen LogP contribution in [0.2, 0.25) is 0 Å². The van der Waals surface area contributed by atoms with E-state index in [0.29, 0.717) is 19.8 Å². The first-order chi connectivity index (χ1) is 14.7. The summed E-state index contributed by atoms with van der Waals surface area (Å²) in [7, 11) is 3.51. The average molecular weight is 546 g/mol. The van der Waals surface area contributed by atoms with Crippen molar-refractivity contribution >= 4 is 29.9 Å². The number of nitrogens with one attached hydrogen (secondary N) is 2. The van der Waals surface area contributed by atoms with E-state index in [1.165, 1.54) is 31.5 Å². The van der Waals surface area contributed by atoms with Gasteiger partial charge in [0.25, 0.3) is 0 Å². The summed E-state index contributed by atoms with van der Waals surface area (Å²) in [6, 6.07) is 6.30. The van der Waals surface area contributed by atoms with Gasteiger partial charge in [-0.25, -0.2) is 0 Å². The van der Waals surface area contributed by atoms with Crippen LogP contribution >= 0.6 is 24.0 Å². The molecule has 2 N–H and O–H groups in total. The van der Waals surface area contributed by atoms with Gasteiger partial charge in [-0.15, -0.1) is 24.0 Å². The summed E-state index contributed by atoms with van der Waals surface area (Å²) < 4.78 is 16.7. The summed E-state index contributed by atoms with van der Waals surface area (Å²) >= 11 is 0. The molecule has 2 aliphatic rings. The van der Waals surface area contributed by atoms with E-state index < -0.39 is 0 Å². The third kappa shape index (κ3) is 7.47. The Morgan fingerprint density at radius 3 is 2.58 bits per heavy atom. The zero-order valence-corrected chi connectivity index (χ0v) is 21.6. The molecule has 1 aromatic carbocycles. The first-order valence-electron chi connectivity index (χ1n) is 11.2. The second-order valence-corrected chi connectivity index (χ2v) is 8.26. The Labute approximate surface area is 204 Å². The Hall–Kier alpha value is -1.10. The smallest absolute Gasteiger partial charge is 0.191 e. The van der Waals surface area contributed by atoms with Crippen LogP contribution in [0.3, 0.4) is 0 Å². The quantitative estimate of drug-likeness (QED) is 0.215. The van der Waals surface area contributed by atoms with Gasteiger partial charge < -0.3 is 24.8 Å². The number of likely N-dealkylation sites (tertiary alicyclic amines) is 1. The maximum absolute atomic E-state index is 5.92. The number of aryl methyl sites for hydroxylation is 1. The number of rotatable bonds is 9. The summed E-state index contributed by atoms with van der Waals surface area (Å²) in [5.74, 6) is 1.72. The lowest BCUT2D eigenvalue weighted by molar-refractivity contribution is -0.0164. The molecular weight excluding hydrogens is 507 g/mol. The Balaban J connectivity index is 0.00000341. The minimum Gasteiger partial charge on any atom is -0.491 e. The summed E-state index contributed by atoms with van der Waals surface area (Å²) in [4.78, 5) is 7.12. The first-order valence-corrected chi connectivity index (χ1v) is 11.2. The molecule has 0 atom stereocenters. The SMILES string of the molecule is CN=C(NCc1ccc(C)cc1OCCOC)NCC1(N2CCCC2)CCOCC1.I. The maximum atomic E-state index is 5.92. The van der Waals surface area contributed by atoms with Gasteiger partial charge in [0.1, 0.15) is 12.4 Å². The standard InChI is InChI=1S/C23H38N4O3.HI/c1-19-6-7-20(21(16-19)30-15-14-28-3)17-25-22(24-2)26-18-23(8-12-29-13-9-23)27-10-4-5-11-27;/h6-7,16H,4-5,8-15,17-18H2,1-3H3,(H2,24,25,26);1H. The van der Waals surface area contributed by atoms with Crippen molar-refractivity contribution in [3.05, 3.63) is 29.3 Å². The molecule has 176 valence electrons. The fraction of sp³-hybridized carbons (Fsp3) is 0.696. The second kappa shape index (κ2) is 13.4. The van der Waals surface area contributed by atoms with Crippen LogP contribution in [0.4, 0.5) is 0 Å². The lowest BCUT2D eigenvalue weighted by Gasteiger charge is -2.45. The van der Waals surface area contributed by atoms with E-state index in [1.54, 1.807) is 7.11 Å². The molecule has 8 heteroatoms. The van der Waals surface area contributed by atoms with Crippen molar-refractivity contribution in [3.63, 3.8) is 0 Å². The number of methoxy groups -OCH3 is 1. The molecule has 0 spiro atoms. The fourth-order valence-corrected chi connectivity index (χ4v) is 4.37. The van der Waals surface area contributed by atoms with Crippen molar-refractivity contribution in [2.24, 2.45) is 4.99 Å². The zero-order chi connectivity index (χ0) is 21.2. The van der Waals surface area contributed by atoms with E-state index in [4.69, 9.17) is 14.2 Å². The van der Waals surface area contributed by atoms with Crippen LogP contribution in [0.1, 0.15) is 36.8 Å². The van der Waals surface area contributed by atoms with Gasteiger partial charge in [-0.05, 0) is 57.3 Å². The summed E-state index contributed by atoms with van der Waals surface area (Å²) in [6.45, 7) is 8.81. The summed E-state index contributed by atoms with van der Waals surface area (Å²) in [6.07, 6.45) is 4.75. The lowest BCUT2D eigenvalue weighted by atomic mass is 9.88. The van der Waals surface area contributed by atoms with Crippen molar-refractivity contribution in [2.75, 3.05) is 60.2 Å². The van der Waals surface area contributed by atoms with Gasteiger partial charge >= 0.3 is 0 Å². The van der Waals surface area contributed by atoms with Gasteiger partial charge in [-0.3, -0.25) is 9.89 Å². The van der Waals surface area contributed by atoms with Gasteiger partial charge in [0.15, 0.2) is 5.96 Å². The van der Waals surface area contributed by atoms with Crippen molar-refractivity contribution < 1.29 is 14.2 Å². The molecule has 0 radical (unpaired) electrons. The van der Waals surface area contributed by atoms with Crippen LogP contribution in [0.5, 0.6) is 5.75 Å². The Morgan fingerprint density at radius 1 is 1.16 bits per heavy atom. The molecule has 2 heterocycles. The number of aliphatic imine (C=N–C) groups is 1. The van der Waals surface area contributed by atoms with E-state index in [0.717, 1.165) is 49.9 Å². The van der Waals surface area contributed by atoms with Gasteiger partial charge in [-0.2, -0.15) is 0 Å². The highest BCUT2D eigenvalue weighted by molar-refractivity contribution is 14.0. The topological polar surface area (TPSA) is 67.4 Å². The molecule has 3 rings (SSSR count). The number of halogens is 1. The molecule has 7 nitrogen and oxygen atoms in total. The minimum atomic E-state index is 0. The summed E-state index contributed by atoms with van der Waals surface area (Å²) in [5, 5.41) is 7.05. The van der Waals surface area contributed by atoms with E-state index in [1.807, 2.05) is 7.05 Å². The largest absolute Gasteiger partial charge is 0.491 e.